The third kappa shape index (κ3) is 2.36. The first-order valence-electron chi connectivity index (χ1n) is 5.05. The first-order valence-corrected chi connectivity index (χ1v) is 5.93. The number of nitrogens with zero attached hydrogens (tertiary/aromatic N) is 1. The second-order valence-electron chi connectivity index (χ2n) is 3.83. The number of ether oxygens (including phenoxy) is 2. The summed E-state index contributed by atoms with van der Waals surface area (Å²) in [7, 11) is 1.67. The fourth-order valence-electron chi connectivity index (χ4n) is 1.72. The van der Waals surface area contributed by atoms with E-state index >= 15 is 0 Å². The fourth-order valence-corrected chi connectivity index (χ4v) is 2.59. The number of hydrogen-bond donors (Lipinski definition) is 1. The molecule has 0 unspecified atom stereocenters. The average molecular weight is 228 g/mol. The molecule has 0 spiro atoms. The Hall–Kier alpha value is -0.490. The summed E-state index contributed by atoms with van der Waals surface area (Å²) in [5.41, 5.74) is 7.01. The summed E-state index contributed by atoms with van der Waals surface area (Å²) in [6, 6.07) is 0. The van der Waals surface area contributed by atoms with E-state index in [2.05, 4.69) is 4.98 Å². The summed E-state index contributed by atoms with van der Waals surface area (Å²) in [5, 5.41) is 3.03. The number of hydrogen-bond acceptors (Lipinski definition) is 5. The van der Waals surface area contributed by atoms with Crippen molar-refractivity contribution in [3.63, 3.8) is 0 Å². The van der Waals surface area contributed by atoms with Crippen molar-refractivity contribution in [1.82, 2.24) is 4.98 Å². The smallest absolute Gasteiger partial charge is 0.119 e. The van der Waals surface area contributed by atoms with Crippen LogP contribution in [0.2, 0.25) is 0 Å². The summed E-state index contributed by atoms with van der Waals surface area (Å²) >= 11 is 1.61. The Balaban J connectivity index is 2.12. The highest BCUT2D eigenvalue weighted by molar-refractivity contribution is 7.09. The van der Waals surface area contributed by atoms with Gasteiger partial charge in [-0.05, 0) is 12.8 Å². The quantitative estimate of drug-likeness (QED) is 0.846. The molecule has 1 aromatic heterocycles. The molecule has 2 rings (SSSR count). The van der Waals surface area contributed by atoms with E-state index in [9.17, 15) is 0 Å². The van der Waals surface area contributed by atoms with Crippen molar-refractivity contribution in [1.29, 1.82) is 0 Å². The second kappa shape index (κ2) is 4.57. The van der Waals surface area contributed by atoms with Gasteiger partial charge < -0.3 is 15.2 Å². The molecule has 1 aliphatic rings. The van der Waals surface area contributed by atoms with Crippen molar-refractivity contribution in [2.75, 3.05) is 20.3 Å². The molecule has 1 saturated heterocycles. The molecule has 2 heterocycles. The normalized spacial score (nSPS) is 20.4. The fraction of sp³-hybridized carbons (Fsp3) is 0.700. The van der Waals surface area contributed by atoms with Crippen LogP contribution in [0.5, 0.6) is 0 Å². The van der Waals surface area contributed by atoms with Gasteiger partial charge in [-0.3, -0.25) is 0 Å². The molecule has 0 atom stereocenters. The first-order chi connectivity index (χ1) is 7.24. The molecule has 5 heteroatoms. The van der Waals surface area contributed by atoms with Crippen LogP contribution in [0.1, 0.15) is 23.5 Å². The van der Waals surface area contributed by atoms with Gasteiger partial charge in [0.25, 0.3) is 0 Å². The van der Waals surface area contributed by atoms with Crippen LogP contribution in [-0.4, -0.2) is 25.3 Å². The maximum atomic E-state index is 6.31. The number of methoxy groups -OCH3 is 1. The standard InChI is InChI=1S/C10H16N2O2S/c1-13-6-9-12-8(7-15-9)10(11)2-4-14-5-3-10/h7H,2-6,11H2,1H3. The van der Waals surface area contributed by atoms with Gasteiger partial charge in [0.1, 0.15) is 5.01 Å². The molecule has 0 radical (unpaired) electrons. The predicted octanol–water partition coefficient (Wildman–Crippen LogP) is 1.25. The van der Waals surface area contributed by atoms with Gasteiger partial charge in [-0.15, -0.1) is 11.3 Å². The lowest BCUT2D eigenvalue weighted by molar-refractivity contribution is 0.0508. The zero-order valence-electron chi connectivity index (χ0n) is 8.86. The van der Waals surface area contributed by atoms with Crippen molar-refractivity contribution in [2.45, 2.75) is 25.0 Å². The van der Waals surface area contributed by atoms with Gasteiger partial charge in [0, 0.05) is 25.7 Å². The van der Waals surface area contributed by atoms with Crippen LogP contribution in [0, 0.1) is 0 Å². The maximum Gasteiger partial charge on any atom is 0.119 e. The van der Waals surface area contributed by atoms with E-state index in [4.69, 9.17) is 15.2 Å². The topological polar surface area (TPSA) is 57.4 Å². The number of nitrogens with two attached hydrogens (primary N) is 1. The Morgan fingerprint density at radius 1 is 1.60 bits per heavy atom. The molecule has 0 amide bonds. The van der Waals surface area contributed by atoms with Crippen molar-refractivity contribution < 1.29 is 9.47 Å². The van der Waals surface area contributed by atoms with E-state index in [1.807, 2.05) is 5.38 Å². The van der Waals surface area contributed by atoms with Crippen LogP contribution in [-0.2, 0) is 21.6 Å². The van der Waals surface area contributed by atoms with Crippen molar-refractivity contribution in [3.05, 3.63) is 16.1 Å². The first kappa shape index (κ1) is 11.0. The zero-order valence-corrected chi connectivity index (χ0v) is 9.68. The Kier molecular flexibility index (Phi) is 3.35. The van der Waals surface area contributed by atoms with Gasteiger partial charge >= 0.3 is 0 Å². The van der Waals surface area contributed by atoms with Crippen molar-refractivity contribution in [2.24, 2.45) is 5.73 Å². The Morgan fingerprint density at radius 2 is 2.33 bits per heavy atom. The summed E-state index contributed by atoms with van der Waals surface area (Å²) < 4.78 is 10.4. The van der Waals surface area contributed by atoms with E-state index in [1.165, 1.54) is 0 Å². The summed E-state index contributed by atoms with van der Waals surface area (Å²) in [5.74, 6) is 0. The lowest BCUT2D eigenvalue weighted by Crippen LogP contribution is -2.42. The maximum absolute atomic E-state index is 6.31. The molecule has 0 aliphatic carbocycles. The molecule has 4 nitrogen and oxygen atoms in total. The molecule has 1 aromatic rings. The molecule has 1 aliphatic heterocycles. The molecule has 0 bridgehead atoms. The Bertz CT molecular complexity index is 321. The lowest BCUT2D eigenvalue weighted by Gasteiger charge is -2.31. The van der Waals surface area contributed by atoms with E-state index < -0.39 is 0 Å². The summed E-state index contributed by atoms with van der Waals surface area (Å²) in [4.78, 5) is 4.51. The van der Waals surface area contributed by atoms with Crippen LogP contribution >= 0.6 is 11.3 Å². The SMILES string of the molecule is COCc1nc(C2(N)CCOCC2)cs1. The molecule has 15 heavy (non-hydrogen) atoms. The van der Waals surface area contributed by atoms with Crippen molar-refractivity contribution >= 4 is 11.3 Å². The van der Waals surface area contributed by atoms with E-state index in [0.29, 0.717) is 6.61 Å². The Morgan fingerprint density at radius 3 is 3.00 bits per heavy atom. The van der Waals surface area contributed by atoms with Crippen LogP contribution < -0.4 is 5.73 Å². The molecular weight excluding hydrogens is 212 g/mol. The van der Waals surface area contributed by atoms with Crippen LogP contribution in [0.15, 0.2) is 5.38 Å². The van der Waals surface area contributed by atoms with Gasteiger partial charge in [-0.25, -0.2) is 4.98 Å². The summed E-state index contributed by atoms with van der Waals surface area (Å²) in [6.45, 7) is 2.03. The average Bonchev–Trinajstić information content (AvgIpc) is 2.69. The van der Waals surface area contributed by atoms with Gasteiger partial charge in [0.2, 0.25) is 0 Å². The van der Waals surface area contributed by atoms with E-state index in [-0.39, 0.29) is 5.54 Å². The number of thiazole rings is 1. The number of rotatable bonds is 3. The molecule has 0 saturated carbocycles. The largest absolute Gasteiger partial charge is 0.381 e. The van der Waals surface area contributed by atoms with Gasteiger partial charge in [-0.2, -0.15) is 0 Å². The summed E-state index contributed by atoms with van der Waals surface area (Å²) in [6.07, 6.45) is 1.70. The highest BCUT2D eigenvalue weighted by atomic mass is 32.1. The minimum absolute atomic E-state index is 0.291. The monoisotopic (exact) mass is 228 g/mol. The van der Waals surface area contributed by atoms with Gasteiger partial charge in [0.05, 0.1) is 17.8 Å². The van der Waals surface area contributed by atoms with Gasteiger partial charge in [-0.1, -0.05) is 0 Å². The minimum Gasteiger partial charge on any atom is -0.381 e. The molecule has 84 valence electrons. The molecule has 0 aromatic carbocycles. The van der Waals surface area contributed by atoms with Crippen LogP contribution in [0.25, 0.3) is 0 Å². The minimum atomic E-state index is -0.291. The molecule has 2 N–H and O–H groups in total. The lowest BCUT2D eigenvalue weighted by atomic mass is 9.88. The number of aromatic nitrogens is 1. The van der Waals surface area contributed by atoms with E-state index in [1.54, 1.807) is 18.4 Å². The van der Waals surface area contributed by atoms with Crippen LogP contribution in [0.4, 0.5) is 0 Å². The third-order valence-electron chi connectivity index (χ3n) is 2.71. The highest BCUT2D eigenvalue weighted by Gasteiger charge is 2.32. The highest BCUT2D eigenvalue weighted by Crippen LogP contribution is 2.30. The predicted molar refractivity (Wildman–Crippen MR) is 58.7 cm³/mol. The second-order valence-corrected chi connectivity index (χ2v) is 4.77. The van der Waals surface area contributed by atoms with Crippen LogP contribution in [0.3, 0.4) is 0 Å². The third-order valence-corrected chi connectivity index (χ3v) is 3.54. The van der Waals surface area contributed by atoms with E-state index in [0.717, 1.165) is 36.8 Å². The zero-order chi connectivity index (χ0) is 10.7. The Labute approximate surface area is 93.4 Å². The molecular formula is C10H16N2O2S. The molecule has 1 fully saturated rings. The van der Waals surface area contributed by atoms with Gasteiger partial charge in [0.15, 0.2) is 0 Å². The van der Waals surface area contributed by atoms with Crippen molar-refractivity contribution in [3.8, 4) is 0 Å².